The number of fused-ring (bicyclic) bond motifs is 8. The largest absolute Gasteiger partial charge is 0.481 e. The van der Waals surface area contributed by atoms with Crippen LogP contribution in [0.3, 0.4) is 0 Å². The zero-order chi connectivity index (χ0) is 34.9. The summed E-state index contributed by atoms with van der Waals surface area (Å²) in [7, 11) is 1.31. The summed E-state index contributed by atoms with van der Waals surface area (Å²) in [4.78, 5) is 56.0. The van der Waals surface area contributed by atoms with Crippen molar-refractivity contribution in [3.63, 3.8) is 0 Å². The van der Waals surface area contributed by atoms with Gasteiger partial charge in [0.15, 0.2) is 0 Å². The molecule has 3 aromatic rings. The number of carbonyl (C=O) groups is 3. The number of aromatic nitrogens is 4. The molecular formula is C37H44N6O5. The van der Waals surface area contributed by atoms with E-state index in [1.807, 2.05) is 39.0 Å². The van der Waals surface area contributed by atoms with Gasteiger partial charge in [-0.05, 0) is 74.1 Å². The summed E-state index contributed by atoms with van der Waals surface area (Å²) in [5, 5.41) is 12.6. The van der Waals surface area contributed by atoms with Crippen LogP contribution in [0.2, 0.25) is 0 Å². The number of methoxy groups -OCH3 is 1. The highest BCUT2D eigenvalue weighted by atomic mass is 16.5. The van der Waals surface area contributed by atoms with Gasteiger partial charge in [-0.2, -0.15) is 0 Å². The van der Waals surface area contributed by atoms with Crippen molar-refractivity contribution in [3.8, 4) is 0 Å². The van der Waals surface area contributed by atoms with Gasteiger partial charge in [-0.3, -0.25) is 19.4 Å². The number of nitrogens with two attached hydrogens (primary N) is 1. The van der Waals surface area contributed by atoms with Crippen LogP contribution in [0.5, 0.6) is 0 Å². The lowest BCUT2D eigenvalue weighted by molar-refractivity contribution is -0.140. The number of nitrogens with one attached hydrogen (secondary N) is 3. The minimum absolute atomic E-state index is 0.0987. The molecule has 3 aromatic heterocycles. The fourth-order valence-electron chi connectivity index (χ4n) is 6.88. The van der Waals surface area contributed by atoms with Crippen LogP contribution in [0.4, 0.5) is 0 Å². The van der Waals surface area contributed by atoms with Gasteiger partial charge in [-0.25, -0.2) is 4.98 Å². The molecule has 0 radical (unpaired) electrons. The number of esters is 1. The Morgan fingerprint density at radius 3 is 2.40 bits per heavy atom. The van der Waals surface area contributed by atoms with E-state index in [1.54, 1.807) is 0 Å². The molecule has 2 aliphatic rings. The second-order valence-electron chi connectivity index (χ2n) is 12.4. The van der Waals surface area contributed by atoms with E-state index in [0.717, 1.165) is 56.4 Å². The molecule has 48 heavy (non-hydrogen) atoms. The number of nitrogens with zero attached hydrogens (tertiary/aromatic N) is 2. The number of aromatic amines is 2. The first kappa shape index (κ1) is 34.3. The van der Waals surface area contributed by atoms with E-state index in [4.69, 9.17) is 20.4 Å². The molecule has 11 nitrogen and oxygen atoms in total. The van der Waals surface area contributed by atoms with E-state index in [1.165, 1.54) is 7.11 Å². The third-order valence-corrected chi connectivity index (χ3v) is 9.61. The first-order valence-electron chi connectivity index (χ1n) is 16.3. The fourth-order valence-corrected chi connectivity index (χ4v) is 6.88. The fraction of sp³-hybridized carbons (Fsp3) is 0.378. The molecule has 11 heteroatoms. The number of carbonyl (C=O) groups excluding carboxylic acids is 2. The van der Waals surface area contributed by atoms with Crippen molar-refractivity contribution >= 4 is 57.1 Å². The van der Waals surface area contributed by atoms with Gasteiger partial charge in [-0.15, -0.1) is 0 Å². The van der Waals surface area contributed by atoms with Crippen molar-refractivity contribution in [2.45, 2.75) is 72.1 Å². The minimum atomic E-state index is -0.934. The van der Waals surface area contributed by atoms with Crippen molar-refractivity contribution in [3.05, 3.63) is 75.4 Å². The number of allylic oxidation sites excluding steroid dienone is 1. The summed E-state index contributed by atoms with van der Waals surface area (Å²) in [5.41, 5.74) is 16.9. The number of carboxylic acids is 1. The van der Waals surface area contributed by atoms with Crippen LogP contribution < -0.4 is 11.1 Å². The smallest absolute Gasteiger partial charge is 0.310 e. The molecule has 0 aromatic carbocycles. The van der Waals surface area contributed by atoms with E-state index in [-0.39, 0.29) is 50.1 Å². The van der Waals surface area contributed by atoms with Crippen molar-refractivity contribution < 1.29 is 24.2 Å². The molecule has 0 fully saturated rings. The van der Waals surface area contributed by atoms with E-state index < -0.39 is 11.9 Å². The average Bonchev–Trinajstić information content (AvgIpc) is 3.74. The number of rotatable bonds is 10. The number of aryl methyl sites for hydroxylation is 3. The average molecular weight is 653 g/mol. The van der Waals surface area contributed by atoms with Gasteiger partial charge < -0.3 is 30.9 Å². The zero-order valence-corrected chi connectivity index (χ0v) is 28.5. The van der Waals surface area contributed by atoms with Crippen molar-refractivity contribution in [1.82, 2.24) is 25.3 Å². The first-order valence-corrected chi connectivity index (χ1v) is 16.3. The van der Waals surface area contributed by atoms with Crippen molar-refractivity contribution in [2.75, 3.05) is 20.2 Å². The molecule has 0 aliphatic carbocycles. The third-order valence-electron chi connectivity index (χ3n) is 9.61. The Labute approximate surface area is 279 Å². The molecule has 1 amide bonds. The maximum atomic E-state index is 13.8. The highest BCUT2D eigenvalue weighted by Gasteiger charge is 2.35. The van der Waals surface area contributed by atoms with Crippen LogP contribution in [0.1, 0.15) is 96.0 Å². The Morgan fingerprint density at radius 1 is 1.04 bits per heavy atom. The van der Waals surface area contributed by atoms with Gasteiger partial charge in [0.05, 0.1) is 36.2 Å². The van der Waals surface area contributed by atoms with Crippen LogP contribution in [-0.4, -0.2) is 63.1 Å². The van der Waals surface area contributed by atoms with Gasteiger partial charge in [0.25, 0.3) is 5.91 Å². The molecule has 0 saturated heterocycles. The molecule has 5 heterocycles. The molecule has 8 bridgehead atoms. The molecule has 2 atom stereocenters. The number of carboxylic acid groups (broad SMARTS) is 1. The highest BCUT2D eigenvalue weighted by Crippen LogP contribution is 2.43. The maximum Gasteiger partial charge on any atom is 0.310 e. The number of hydrogen-bond acceptors (Lipinski definition) is 7. The second kappa shape index (κ2) is 14.0. The van der Waals surface area contributed by atoms with Crippen LogP contribution in [0, 0.1) is 13.8 Å². The molecule has 0 spiro atoms. The summed E-state index contributed by atoms with van der Waals surface area (Å²) in [6, 6.07) is 6.00. The van der Waals surface area contributed by atoms with Crippen LogP contribution in [0.15, 0.2) is 24.8 Å². The molecule has 0 unspecified atom stereocenters. The Hall–Kier alpha value is -5.03. The number of H-pyrrole nitrogens is 2. The summed E-state index contributed by atoms with van der Waals surface area (Å²) in [5.74, 6) is -2.41. The zero-order valence-electron chi connectivity index (χ0n) is 28.5. The Bertz CT molecular complexity index is 2020. The quantitative estimate of drug-likeness (QED) is 0.176. The number of hydrogen-bond donors (Lipinski definition) is 5. The van der Waals surface area contributed by atoms with Gasteiger partial charge in [-0.1, -0.05) is 26.5 Å². The van der Waals surface area contributed by atoms with E-state index in [9.17, 15) is 19.5 Å². The summed E-state index contributed by atoms with van der Waals surface area (Å²) >= 11 is 0. The molecule has 0 saturated carbocycles. The minimum Gasteiger partial charge on any atom is -0.481 e. The van der Waals surface area contributed by atoms with E-state index >= 15 is 0 Å². The Balaban J connectivity index is 2.02. The monoisotopic (exact) mass is 652 g/mol. The normalized spacial score (nSPS) is 15.8. The van der Waals surface area contributed by atoms with Gasteiger partial charge in [0.2, 0.25) is 0 Å². The van der Waals surface area contributed by atoms with Crippen molar-refractivity contribution in [1.29, 1.82) is 0 Å². The first-order chi connectivity index (χ1) is 22.9. The van der Waals surface area contributed by atoms with Crippen LogP contribution >= 0.6 is 0 Å². The number of amides is 1. The van der Waals surface area contributed by atoms with Gasteiger partial charge in [0.1, 0.15) is 0 Å². The van der Waals surface area contributed by atoms with E-state index in [2.05, 4.69) is 41.8 Å². The Morgan fingerprint density at radius 2 is 1.75 bits per heavy atom. The lowest BCUT2D eigenvalue weighted by Gasteiger charge is -2.18. The highest BCUT2D eigenvalue weighted by molar-refractivity contribution is 6.27. The molecular weight excluding hydrogens is 608 g/mol. The summed E-state index contributed by atoms with van der Waals surface area (Å²) < 4.78 is 5.13. The summed E-state index contributed by atoms with van der Waals surface area (Å²) in [6.07, 6.45) is 2.56. The predicted molar refractivity (Wildman–Crippen MR) is 188 cm³/mol. The molecule has 2 aliphatic heterocycles. The van der Waals surface area contributed by atoms with Gasteiger partial charge in [0, 0.05) is 70.2 Å². The van der Waals surface area contributed by atoms with Crippen LogP contribution in [-0.2, 0) is 32.0 Å². The number of ether oxygens (including phenoxy) is 1. The van der Waals surface area contributed by atoms with Crippen molar-refractivity contribution in [2.24, 2.45) is 5.73 Å². The number of aliphatic carboxylic acids is 1. The SMILES string of the molecule is C=Cc1c(C)c2cc3nc(c(CC(=O)OC)c4nc(cc5[nH]c(cc1[nH]2)c(C)c5CC)C(C)=C4C(=O)NCCN)[C@@H](CCC(=O)O)[C@@H]3C. The van der Waals surface area contributed by atoms with E-state index in [0.29, 0.717) is 33.8 Å². The lowest BCUT2D eigenvalue weighted by atomic mass is 9.84. The maximum absolute atomic E-state index is 13.8. The molecule has 252 valence electrons. The molecule has 5 rings (SSSR count). The van der Waals surface area contributed by atoms with Crippen LogP contribution in [0.25, 0.3) is 39.3 Å². The summed E-state index contributed by atoms with van der Waals surface area (Å²) in [6.45, 7) is 14.6. The second-order valence-corrected chi connectivity index (χ2v) is 12.4. The predicted octanol–water partition coefficient (Wildman–Crippen LogP) is 5.61. The Kier molecular flexibility index (Phi) is 10.00. The molecule has 6 N–H and O–H groups in total. The van der Waals surface area contributed by atoms with Gasteiger partial charge >= 0.3 is 11.9 Å². The lowest BCUT2D eigenvalue weighted by Crippen LogP contribution is -2.30. The third kappa shape index (κ3) is 6.29. The topological polar surface area (TPSA) is 176 Å². The standard InChI is InChI=1S/C37H44N6O5/c1-8-22-18(3)26-15-28-20(5)24(10-11-32(44)45)35(42-28)25(14-33(46)48-7)36-34(37(47)39-13-12-38)21(6)29(43-36)17-31-23(9-2)19(4)27(41-31)16-30(22)40-26/h8,15-17,20,24,40-41H,1,9-14,38H2,2-7H3,(H,39,47)(H,44,45)/t20-,24-/m0/s1.